The fourth-order valence-corrected chi connectivity index (χ4v) is 2.22. The number of sulfone groups is 1. The zero-order valence-corrected chi connectivity index (χ0v) is 10.5. The van der Waals surface area contributed by atoms with Gasteiger partial charge in [0.1, 0.15) is 15.9 Å². The summed E-state index contributed by atoms with van der Waals surface area (Å²) in [6.45, 7) is 0. The molecule has 7 heteroatoms. The van der Waals surface area contributed by atoms with Crippen LogP contribution >= 0.6 is 0 Å². The molecule has 1 aliphatic carbocycles. The van der Waals surface area contributed by atoms with Gasteiger partial charge in [0.25, 0.3) is 0 Å². The molecular weight excluding hydrogens is 246 g/mol. The van der Waals surface area contributed by atoms with Gasteiger partial charge in [-0.1, -0.05) is 0 Å². The molecule has 0 aromatic rings. The first-order valence-corrected chi connectivity index (χ1v) is 7.55. The first-order valence-electron chi connectivity index (χ1n) is 5.49. The maximum Gasteiger partial charge on any atom is 0.326 e. The zero-order chi connectivity index (χ0) is 13.1. The number of aliphatic carboxylic acids is 1. The SMILES string of the molecule is CS(=O)(=O)CCCC(=O)NC(C(=O)O)C1CC1. The van der Waals surface area contributed by atoms with Gasteiger partial charge in [0.05, 0.1) is 5.75 Å². The van der Waals surface area contributed by atoms with Crippen molar-refractivity contribution in [2.75, 3.05) is 12.0 Å². The maximum absolute atomic E-state index is 11.4. The number of amides is 1. The molecule has 1 amide bonds. The van der Waals surface area contributed by atoms with E-state index in [1.807, 2.05) is 0 Å². The number of rotatable bonds is 7. The van der Waals surface area contributed by atoms with Crippen molar-refractivity contribution >= 4 is 21.7 Å². The van der Waals surface area contributed by atoms with Gasteiger partial charge in [-0.2, -0.15) is 0 Å². The second kappa shape index (κ2) is 5.48. The van der Waals surface area contributed by atoms with Gasteiger partial charge in [-0.25, -0.2) is 13.2 Å². The molecule has 0 spiro atoms. The largest absolute Gasteiger partial charge is 0.480 e. The van der Waals surface area contributed by atoms with Crippen molar-refractivity contribution in [1.29, 1.82) is 0 Å². The van der Waals surface area contributed by atoms with Gasteiger partial charge in [-0.3, -0.25) is 4.79 Å². The highest BCUT2D eigenvalue weighted by Crippen LogP contribution is 2.32. The summed E-state index contributed by atoms with van der Waals surface area (Å²) in [6, 6.07) is -0.819. The molecule has 0 saturated heterocycles. The van der Waals surface area contributed by atoms with E-state index in [2.05, 4.69) is 5.32 Å². The Bertz CT molecular complexity index is 399. The quantitative estimate of drug-likeness (QED) is 0.662. The molecule has 1 aliphatic rings. The lowest BCUT2D eigenvalue weighted by Crippen LogP contribution is -2.42. The Kier molecular flexibility index (Phi) is 4.50. The molecule has 0 bridgehead atoms. The molecule has 1 atom stereocenters. The molecule has 0 aromatic carbocycles. The summed E-state index contributed by atoms with van der Waals surface area (Å²) in [5, 5.41) is 11.3. The predicted octanol–water partition coefficient (Wildman–Crippen LogP) is -0.209. The molecule has 1 unspecified atom stereocenters. The molecule has 98 valence electrons. The first kappa shape index (κ1) is 14.0. The average molecular weight is 263 g/mol. The minimum absolute atomic E-state index is 0.0337. The smallest absolute Gasteiger partial charge is 0.326 e. The molecule has 2 N–H and O–H groups in total. The number of carbonyl (C=O) groups excluding carboxylic acids is 1. The lowest BCUT2D eigenvalue weighted by atomic mass is 10.2. The van der Waals surface area contributed by atoms with Crippen LogP contribution in [0.25, 0.3) is 0 Å². The fourth-order valence-electron chi connectivity index (χ4n) is 1.55. The van der Waals surface area contributed by atoms with Gasteiger partial charge >= 0.3 is 5.97 Å². The summed E-state index contributed by atoms with van der Waals surface area (Å²) in [7, 11) is -3.06. The maximum atomic E-state index is 11.4. The van der Waals surface area contributed by atoms with Crippen molar-refractivity contribution < 1.29 is 23.1 Å². The highest BCUT2D eigenvalue weighted by molar-refractivity contribution is 7.90. The van der Waals surface area contributed by atoms with E-state index in [1.54, 1.807) is 0 Å². The van der Waals surface area contributed by atoms with Crippen LogP contribution in [0.5, 0.6) is 0 Å². The number of carboxylic acid groups (broad SMARTS) is 1. The van der Waals surface area contributed by atoms with E-state index in [0.717, 1.165) is 19.1 Å². The molecule has 6 nitrogen and oxygen atoms in total. The Hall–Kier alpha value is -1.11. The topological polar surface area (TPSA) is 101 Å². The van der Waals surface area contributed by atoms with Crippen molar-refractivity contribution in [3.8, 4) is 0 Å². The third kappa shape index (κ3) is 5.67. The molecule has 1 saturated carbocycles. The van der Waals surface area contributed by atoms with Crippen LogP contribution in [-0.2, 0) is 19.4 Å². The van der Waals surface area contributed by atoms with E-state index >= 15 is 0 Å². The Morgan fingerprint density at radius 3 is 2.41 bits per heavy atom. The second-order valence-corrected chi connectivity index (χ2v) is 6.71. The van der Waals surface area contributed by atoms with Gasteiger partial charge in [0.15, 0.2) is 0 Å². The molecule has 1 rings (SSSR count). The molecule has 0 radical (unpaired) electrons. The van der Waals surface area contributed by atoms with Crippen LogP contribution in [-0.4, -0.2) is 43.5 Å². The normalized spacial score (nSPS) is 17.5. The van der Waals surface area contributed by atoms with Crippen LogP contribution in [0.4, 0.5) is 0 Å². The summed E-state index contributed by atoms with van der Waals surface area (Å²) < 4.78 is 21.7. The summed E-state index contributed by atoms with van der Waals surface area (Å²) in [4.78, 5) is 22.2. The number of hydrogen-bond acceptors (Lipinski definition) is 4. The minimum Gasteiger partial charge on any atom is -0.480 e. The van der Waals surface area contributed by atoms with Crippen LogP contribution in [0.1, 0.15) is 25.7 Å². The van der Waals surface area contributed by atoms with Gasteiger partial charge in [-0.05, 0) is 25.2 Å². The van der Waals surface area contributed by atoms with Crippen molar-refractivity contribution in [1.82, 2.24) is 5.32 Å². The second-order valence-electron chi connectivity index (χ2n) is 4.45. The van der Waals surface area contributed by atoms with E-state index in [9.17, 15) is 18.0 Å². The number of carboxylic acids is 1. The number of hydrogen-bond donors (Lipinski definition) is 2. The lowest BCUT2D eigenvalue weighted by molar-refractivity contribution is -0.142. The minimum atomic E-state index is -3.06. The highest BCUT2D eigenvalue weighted by Gasteiger charge is 2.37. The average Bonchev–Trinajstić information content (AvgIpc) is 2.94. The van der Waals surface area contributed by atoms with Gasteiger partial charge in [0.2, 0.25) is 5.91 Å². The van der Waals surface area contributed by atoms with Gasteiger partial charge in [-0.15, -0.1) is 0 Å². The van der Waals surface area contributed by atoms with Crippen molar-refractivity contribution in [2.45, 2.75) is 31.7 Å². The van der Waals surface area contributed by atoms with E-state index in [4.69, 9.17) is 5.11 Å². The monoisotopic (exact) mass is 263 g/mol. The summed E-state index contributed by atoms with van der Waals surface area (Å²) in [6.07, 6.45) is 3.02. The molecular formula is C10H17NO5S. The summed E-state index contributed by atoms with van der Waals surface area (Å²) in [5.74, 6) is -1.44. The van der Waals surface area contributed by atoms with Crippen LogP contribution in [0, 0.1) is 5.92 Å². The van der Waals surface area contributed by atoms with Gasteiger partial charge in [0, 0.05) is 12.7 Å². The van der Waals surface area contributed by atoms with Crippen LogP contribution in [0.15, 0.2) is 0 Å². The Balaban J connectivity index is 2.30. The predicted molar refractivity (Wildman–Crippen MR) is 61.2 cm³/mol. The van der Waals surface area contributed by atoms with Crippen LogP contribution in [0.2, 0.25) is 0 Å². The van der Waals surface area contributed by atoms with Crippen molar-refractivity contribution in [2.24, 2.45) is 5.92 Å². The highest BCUT2D eigenvalue weighted by atomic mass is 32.2. The summed E-state index contributed by atoms with van der Waals surface area (Å²) in [5.41, 5.74) is 0. The van der Waals surface area contributed by atoms with Gasteiger partial charge < -0.3 is 10.4 Å². The lowest BCUT2D eigenvalue weighted by Gasteiger charge is -2.13. The zero-order valence-electron chi connectivity index (χ0n) is 9.68. The third-order valence-electron chi connectivity index (χ3n) is 2.59. The van der Waals surface area contributed by atoms with Crippen molar-refractivity contribution in [3.63, 3.8) is 0 Å². The van der Waals surface area contributed by atoms with E-state index in [1.165, 1.54) is 0 Å². The van der Waals surface area contributed by atoms with E-state index in [-0.39, 0.29) is 24.5 Å². The molecule has 0 heterocycles. The number of carbonyl (C=O) groups is 2. The van der Waals surface area contributed by atoms with Crippen molar-refractivity contribution in [3.05, 3.63) is 0 Å². The van der Waals surface area contributed by atoms with Crippen LogP contribution < -0.4 is 5.32 Å². The Morgan fingerprint density at radius 2 is 2.00 bits per heavy atom. The molecule has 1 fully saturated rings. The fraction of sp³-hybridized carbons (Fsp3) is 0.800. The summed E-state index contributed by atoms with van der Waals surface area (Å²) >= 11 is 0. The standard InChI is InChI=1S/C10H17NO5S/c1-17(15,16)6-2-3-8(12)11-9(10(13)14)7-4-5-7/h7,9H,2-6H2,1H3,(H,11,12)(H,13,14). The molecule has 0 aromatic heterocycles. The van der Waals surface area contributed by atoms with E-state index < -0.39 is 27.8 Å². The molecule has 0 aliphatic heterocycles. The number of nitrogens with one attached hydrogen (secondary N) is 1. The molecule has 17 heavy (non-hydrogen) atoms. The van der Waals surface area contributed by atoms with Crippen LogP contribution in [0.3, 0.4) is 0 Å². The first-order chi connectivity index (χ1) is 7.79. The Morgan fingerprint density at radius 1 is 1.41 bits per heavy atom. The van der Waals surface area contributed by atoms with E-state index in [0.29, 0.717) is 0 Å². The third-order valence-corrected chi connectivity index (χ3v) is 3.63. The Labute approximate surface area is 100 Å².